The zero-order valence-corrected chi connectivity index (χ0v) is 16.9. The largest absolute Gasteiger partial charge is 0.318 e. The lowest BCUT2D eigenvalue weighted by Gasteiger charge is -2.26. The van der Waals surface area contributed by atoms with Crippen LogP contribution < -0.4 is 0 Å². The molecule has 0 radical (unpaired) electrons. The number of hydrogen-bond acceptors (Lipinski definition) is 5. The fraction of sp³-hybridized carbons (Fsp3) is 0.526. The molecule has 26 heavy (non-hydrogen) atoms. The van der Waals surface area contributed by atoms with E-state index in [1.165, 1.54) is 5.56 Å². The van der Waals surface area contributed by atoms with E-state index in [0.29, 0.717) is 6.54 Å². The number of benzene rings is 1. The van der Waals surface area contributed by atoms with E-state index >= 15 is 0 Å². The summed E-state index contributed by atoms with van der Waals surface area (Å²) < 4.78 is 26.9. The predicted octanol–water partition coefficient (Wildman–Crippen LogP) is 2.86. The summed E-state index contributed by atoms with van der Waals surface area (Å²) in [6.07, 6.45) is 3.59. The third kappa shape index (κ3) is 4.90. The van der Waals surface area contributed by atoms with Gasteiger partial charge in [0.15, 0.2) is 0 Å². The molecule has 7 heteroatoms. The molecule has 0 spiro atoms. The maximum Gasteiger partial charge on any atom is 0.227 e. The van der Waals surface area contributed by atoms with E-state index in [1.54, 1.807) is 13.1 Å². The molecule has 0 atom stereocenters. The number of rotatable bonds is 8. The zero-order chi connectivity index (χ0) is 18.4. The molecule has 1 fully saturated rings. The normalized spacial score (nSPS) is 16.0. The van der Waals surface area contributed by atoms with Gasteiger partial charge in [-0.2, -0.15) is 11.8 Å². The molecule has 142 valence electrons. The van der Waals surface area contributed by atoms with E-state index in [4.69, 9.17) is 0 Å². The minimum absolute atomic E-state index is 0.0858. The Morgan fingerprint density at radius 2 is 1.88 bits per heavy atom. The van der Waals surface area contributed by atoms with E-state index in [2.05, 4.69) is 22.0 Å². The summed E-state index contributed by atoms with van der Waals surface area (Å²) in [5.74, 6) is 2.37. The van der Waals surface area contributed by atoms with Crippen molar-refractivity contribution in [1.29, 1.82) is 0 Å². The highest BCUT2D eigenvalue weighted by atomic mass is 32.2. The number of thioether (sulfide) groups is 1. The van der Waals surface area contributed by atoms with Gasteiger partial charge in [0.2, 0.25) is 15.0 Å². The first-order valence-corrected chi connectivity index (χ1v) is 12.0. The first kappa shape index (κ1) is 19.5. The van der Waals surface area contributed by atoms with E-state index in [-0.39, 0.29) is 10.9 Å². The van der Waals surface area contributed by atoms with Crippen LogP contribution in [-0.2, 0) is 29.3 Å². The van der Waals surface area contributed by atoms with Crippen LogP contribution >= 0.6 is 11.8 Å². The quantitative estimate of drug-likeness (QED) is 0.690. The second kappa shape index (κ2) is 9.06. The van der Waals surface area contributed by atoms with Gasteiger partial charge < -0.3 is 4.57 Å². The SMILES string of the molecule is CCS(=O)(=O)c1ncc(CN2CCSCC2)n1CCCc1ccccc1. The lowest BCUT2D eigenvalue weighted by atomic mass is 10.1. The Hall–Kier alpha value is -1.31. The van der Waals surface area contributed by atoms with E-state index in [9.17, 15) is 8.42 Å². The molecule has 0 unspecified atom stereocenters. The van der Waals surface area contributed by atoms with Crippen LogP contribution in [-0.4, -0.2) is 53.2 Å². The molecule has 1 aromatic heterocycles. The van der Waals surface area contributed by atoms with Crippen molar-refractivity contribution < 1.29 is 8.42 Å². The smallest absolute Gasteiger partial charge is 0.227 e. The highest BCUT2D eigenvalue weighted by Crippen LogP contribution is 2.18. The summed E-state index contributed by atoms with van der Waals surface area (Å²) in [6.45, 7) is 5.24. The van der Waals surface area contributed by atoms with Gasteiger partial charge in [0, 0.05) is 37.7 Å². The van der Waals surface area contributed by atoms with Gasteiger partial charge in [-0.3, -0.25) is 4.90 Å². The average Bonchev–Trinajstić information content (AvgIpc) is 3.07. The van der Waals surface area contributed by atoms with Gasteiger partial charge in [-0.25, -0.2) is 13.4 Å². The van der Waals surface area contributed by atoms with E-state index < -0.39 is 9.84 Å². The van der Waals surface area contributed by atoms with Crippen LogP contribution in [0.25, 0.3) is 0 Å². The zero-order valence-electron chi connectivity index (χ0n) is 15.3. The minimum Gasteiger partial charge on any atom is -0.318 e. The van der Waals surface area contributed by atoms with Crippen molar-refractivity contribution in [3.63, 3.8) is 0 Å². The maximum atomic E-state index is 12.5. The molecule has 0 saturated carbocycles. The van der Waals surface area contributed by atoms with Gasteiger partial charge >= 0.3 is 0 Å². The van der Waals surface area contributed by atoms with Crippen LogP contribution in [0.1, 0.15) is 24.6 Å². The van der Waals surface area contributed by atoms with Crippen LogP contribution in [0.15, 0.2) is 41.7 Å². The van der Waals surface area contributed by atoms with Crippen LogP contribution in [0.5, 0.6) is 0 Å². The van der Waals surface area contributed by atoms with Crippen LogP contribution in [0.2, 0.25) is 0 Å². The summed E-state index contributed by atoms with van der Waals surface area (Å²) in [4.78, 5) is 6.69. The lowest BCUT2D eigenvalue weighted by molar-refractivity contribution is 0.284. The molecular weight excluding hydrogens is 366 g/mol. The molecular formula is C19H27N3O2S2. The molecule has 5 nitrogen and oxygen atoms in total. The van der Waals surface area contributed by atoms with Gasteiger partial charge in [-0.15, -0.1) is 0 Å². The molecule has 2 aromatic rings. The van der Waals surface area contributed by atoms with Gasteiger partial charge in [0.05, 0.1) is 17.6 Å². The third-order valence-corrected chi connectivity index (χ3v) is 7.32. The average molecular weight is 394 g/mol. The molecule has 1 aliphatic rings. The van der Waals surface area contributed by atoms with Gasteiger partial charge in [-0.05, 0) is 18.4 Å². The Kier molecular flexibility index (Phi) is 6.78. The minimum atomic E-state index is -3.31. The Labute approximate surface area is 160 Å². The highest BCUT2D eigenvalue weighted by Gasteiger charge is 2.23. The summed E-state index contributed by atoms with van der Waals surface area (Å²) >= 11 is 1.98. The summed E-state index contributed by atoms with van der Waals surface area (Å²) in [6, 6.07) is 10.3. The first-order chi connectivity index (χ1) is 12.6. The van der Waals surface area contributed by atoms with Gasteiger partial charge in [-0.1, -0.05) is 37.3 Å². The molecule has 0 amide bonds. The van der Waals surface area contributed by atoms with E-state index in [0.717, 1.165) is 49.7 Å². The fourth-order valence-electron chi connectivity index (χ4n) is 3.21. The molecule has 0 aliphatic carbocycles. The monoisotopic (exact) mass is 393 g/mol. The number of imidazole rings is 1. The van der Waals surface area contributed by atoms with Crippen molar-refractivity contribution in [1.82, 2.24) is 14.5 Å². The van der Waals surface area contributed by atoms with E-state index in [1.807, 2.05) is 34.5 Å². The molecule has 1 aromatic carbocycles. The van der Waals surface area contributed by atoms with Crippen LogP contribution in [0.4, 0.5) is 0 Å². The molecule has 0 N–H and O–H groups in total. The molecule has 1 saturated heterocycles. The van der Waals surface area contributed by atoms with Crippen LogP contribution in [0.3, 0.4) is 0 Å². The standard InChI is InChI=1S/C19H27N3O2S2/c1-2-26(23,24)19-20-15-18(16-21-11-13-25-14-12-21)22(19)10-6-9-17-7-4-3-5-8-17/h3-5,7-8,15H,2,6,9-14,16H2,1H3. The van der Waals surface area contributed by atoms with Crippen molar-refractivity contribution in [3.8, 4) is 0 Å². The molecule has 0 bridgehead atoms. The maximum absolute atomic E-state index is 12.5. The first-order valence-electron chi connectivity index (χ1n) is 9.21. The Bertz CT molecular complexity index is 797. The number of aromatic nitrogens is 2. The topological polar surface area (TPSA) is 55.2 Å². The Morgan fingerprint density at radius 1 is 1.15 bits per heavy atom. The summed E-state index contributed by atoms with van der Waals surface area (Å²) in [5.41, 5.74) is 2.29. The number of nitrogens with zero attached hydrogens (tertiary/aromatic N) is 3. The lowest BCUT2D eigenvalue weighted by Crippen LogP contribution is -2.33. The second-order valence-corrected chi connectivity index (χ2v) is 9.96. The van der Waals surface area contributed by atoms with Crippen molar-refractivity contribution in [2.75, 3.05) is 30.3 Å². The second-order valence-electron chi connectivity index (χ2n) is 6.56. The summed E-state index contributed by atoms with van der Waals surface area (Å²) in [5, 5.41) is 0.231. The Morgan fingerprint density at radius 3 is 2.58 bits per heavy atom. The van der Waals surface area contributed by atoms with Crippen LogP contribution in [0, 0.1) is 0 Å². The highest BCUT2D eigenvalue weighted by molar-refractivity contribution is 7.99. The van der Waals surface area contributed by atoms with Gasteiger partial charge in [0.1, 0.15) is 0 Å². The molecule has 2 heterocycles. The number of aryl methyl sites for hydroxylation is 1. The van der Waals surface area contributed by atoms with Crippen molar-refractivity contribution in [3.05, 3.63) is 47.8 Å². The third-order valence-electron chi connectivity index (χ3n) is 4.74. The van der Waals surface area contributed by atoms with Gasteiger partial charge in [0.25, 0.3) is 0 Å². The number of sulfone groups is 1. The summed E-state index contributed by atoms with van der Waals surface area (Å²) in [7, 11) is -3.31. The van der Waals surface area contributed by atoms with Crippen molar-refractivity contribution in [2.24, 2.45) is 0 Å². The van der Waals surface area contributed by atoms with Crippen molar-refractivity contribution >= 4 is 21.6 Å². The Balaban J connectivity index is 1.76. The van der Waals surface area contributed by atoms with Crippen molar-refractivity contribution in [2.45, 2.75) is 38.0 Å². The predicted molar refractivity (Wildman–Crippen MR) is 107 cm³/mol. The molecule has 1 aliphatic heterocycles. The molecule has 3 rings (SSSR count). The fourth-order valence-corrected chi connectivity index (χ4v) is 5.20. The number of hydrogen-bond donors (Lipinski definition) is 0.